The lowest BCUT2D eigenvalue weighted by Crippen LogP contribution is -2.60. The van der Waals surface area contributed by atoms with Crippen molar-refractivity contribution in [1.29, 1.82) is 0 Å². The van der Waals surface area contributed by atoms with E-state index in [0.717, 1.165) is 31.5 Å². The van der Waals surface area contributed by atoms with Gasteiger partial charge in [0, 0.05) is 13.1 Å². The minimum absolute atomic E-state index is 0.122. The Morgan fingerprint density at radius 3 is 2.45 bits per heavy atom. The average molecular weight is 301 g/mol. The van der Waals surface area contributed by atoms with Crippen LogP contribution in [0.25, 0.3) is 0 Å². The number of anilines is 1. The minimum atomic E-state index is -0.309. The second-order valence-electron chi connectivity index (χ2n) is 6.19. The summed E-state index contributed by atoms with van der Waals surface area (Å²) in [6.45, 7) is 3.88. The third-order valence-electron chi connectivity index (χ3n) is 4.45. The van der Waals surface area contributed by atoms with Crippen LogP contribution in [-0.4, -0.2) is 36.1 Å². The predicted octanol–water partition coefficient (Wildman–Crippen LogP) is 2.64. The van der Waals surface area contributed by atoms with Crippen LogP contribution in [0, 0.1) is 6.92 Å². The highest BCUT2D eigenvalue weighted by Crippen LogP contribution is 2.22. The summed E-state index contributed by atoms with van der Waals surface area (Å²) >= 11 is 0. The summed E-state index contributed by atoms with van der Waals surface area (Å²) in [4.78, 5) is 28.4. The molecule has 3 amide bonds. The van der Waals surface area contributed by atoms with Gasteiger partial charge in [0.15, 0.2) is 0 Å². The van der Waals surface area contributed by atoms with Gasteiger partial charge >= 0.3 is 6.03 Å². The molecule has 5 nitrogen and oxygen atoms in total. The van der Waals surface area contributed by atoms with Crippen LogP contribution in [0.4, 0.5) is 10.5 Å². The number of rotatable bonds is 2. The van der Waals surface area contributed by atoms with Gasteiger partial charge < -0.3 is 5.32 Å². The number of imide groups is 1. The molecule has 2 heterocycles. The van der Waals surface area contributed by atoms with Crippen molar-refractivity contribution in [3.05, 3.63) is 29.8 Å². The number of carbonyl (C=O) groups is 2. The predicted molar refractivity (Wildman–Crippen MR) is 85.6 cm³/mol. The Morgan fingerprint density at radius 1 is 1.09 bits per heavy atom. The molecule has 118 valence electrons. The van der Waals surface area contributed by atoms with Gasteiger partial charge in [0.25, 0.3) is 0 Å². The third kappa shape index (κ3) is 3.14. The Hall–Kier alpha value is -1.88. The Labute approximate surface area is 131 Å². The van der Waals surface area contributed by atoms with Gasteiger partial charge in [0.2, 0.25) is 5.91 Å². The monoisotopic (exact) mass is 301 g/mol. The van der Waals surface area contributed by atoms with E-state index < -0.39 is 0 Å². The standard InChI is InChI=1S/C17H23N3O2/c1-13-7-6-8-14(11-13)20-16(21)12-15(18-17(20)22)19-9-4-2-3-5-10-19/h6-8,11,15H,2-5,9-10,12H2,1H3,(H,18,22). The first-order valence-electron chi connectivity index (χ1n) is 8.09. The SMILES string of the molecule is Cc1cccc(N2C(=O)CC(N3CCCCCC3)NC2=O)c1. The number of likely N-dealkylation sites (tertiary alicyclic amines) is 1. The Morgan fingerprint density at radius 2 is 1.82 bits per heavy atom. The molecule has 0 radical (unpaired) electrons. The number of carbonyl (C=O) groups excluding carboxylic acids is 2. The highest BCUT2D eigenvalue weighted by Gasteiger charge is 2.35. The molecule has 22 heavy (non-hydrogen) atoms. The summed E-state index contributed by atoms with van der Waals surface area (Å²) in [5, 5.41) is 3.00. The fourth-order valence-corrected chi connectivity index (χ4v) is 3.28. The fraction of sp³-hybridized carbons (Fsp3) is 0.529. The lowest BCUT2D eigenvalue weighted by molar-refractivity contribution is -0.120. The molecule has 0 bridgehead atoms. The molecular weight excluding hydrogens is 278 g/mol. The molecular formula is C17H23N3O2. The maximum Gasteiger partial charge on any atom is 0.329 e. The molecule has 1 atom stereocenters. The maximum absolute atomic E-state index is 12.5. The number of amides is 3. The van der Waals surface area contributed by atoms with E-state index in [0.29, 0.717) is 12.1 Å². The average Bonchev–Trinajstić information content (AvgIpc) is 2.75. The largest absolute Gasteiger partial charge is 0.329 e. The molecule has 0 saturated carbocycles. The van der Waals surface area contributed by atoms with Crippen molar-refractivity contribution in [2.75, 3.05) is 18.0 Å². The first-order valence-corrected chi connectivity index (χ1v) is 8.09. The lowest BCUT2D eigenvalue weighted by Gasteiger charge is -2.37. The Kier molecular flexibility index (Phi) is 4.43. The molecule has 1 N–H and O–H groups in total. The van der Waals surface area contributed by atoms with Gasteiger partial charge in [-0.05, 0) is 37.5 Å². The Bertz CT molecular complexity index is 547. The van der Waals surface area contributed by atoms with Crippen molar-refractivity contribution in [3.63, 3.8) is 0 Å². The molecule has 5 heteroatoms. The highest BCUT2D eigenvalue weighted by molar-refractivity contribution is 6.16. The molecule has 3 rings (SSSR count). The summed E-state index contributed by atoms with van der Waals surface area (Å²) in [5.41, 5.74) is 1.68. The normalized spacial score (nSPS) is 24.0. The summed E-state index contributed by atoms with van der Waals surface area (Å²) in [6.07, 6.45) is 4.95. The van der Waals surface area contributed by atoms with Crippen molar-refractivity contribution in [1.82, 2.24) is 10.2 Å². The molecule has 0 aliphatic carbocycles. The second-order valence-corrected chi connectivity index (χ2v) is 6.19. The quantitative estimate of drug-likeness (QED) is 0.913. The Balaban J connectivity index is 1.74. The summed E-state index contributed by atoms with van der Waals surface area (Å²) < 4.78 is 0. The molecule has 2 saturated heterocycles. The molecule has 2 aliphatic heterocycles. The topological polar surface area (TPSA) is 52.7 Å². The van der Waals surface area contributed by atoms with Crippen molar-refractivity contribution >= 4 is 17.6 Å². The van der Waals surface area contributed by atoms with Gasteiger partial charge in [-0.2, -0.15) is 0 Å². The van der Waals surface area contributed by atoms with E-state index in [1.54, 1.807) is 6.07 Å². The summed E-state index contributed by atoms with van der Waals surface area (Å²) in [5.74, 6) is -0.122. The van der Waals surface area contributed by atoms with Crippen LogP contribution >= 0.6 is 0 Å². The molecule has 0 aromatic heterocycles. The number of nitrogens with one attached hydrogen (secondary N) is 1. The highest BCUT2D eigenvalue weighted by atomic mass is 16.2. The zero-order valence-electron chi connectivity index (χ0n) is 13.0. The number of aryl methyl sites for hydroxylation is 1. The molecule has 1 unspecified atom stereocenters. The first-order chi connectivity index (χ1) is 10.6. The molecule has 1 aromatic rings. The summed E-state index contributed by atoms with van der Waals surface area (Å²) in [7, 11) is 0. The number of nitrogens with zero attached hydrogens (tertiary/aromatic N) is 2. The smallest absolute Gasteiger partial charge is 0.321 e. The third-order valence-corrected chi connectivity index (χ3v) is 4.45. The van der Waals surface area contributed by atoms with E-state index in [4.69, 9.17) is 0 Å². The fourth-order valence-electron chi connectivity index (χ4n) is 3.28. The summed E-state index contributed by atoms with van der Waals surface area (Å²) in [6, 6.07) is 7.18. The molecule has 2 aliphatic rings. The first kappa shape index (κ1) is 15.0. The van der Waals surface area contributed by atoms with E-state index in [9.17, 15) is 9.59 Å². The van der Waals surface area contributed by atoms with E-state index in [1.165, 1.54) is 17.7 Å². The number of hydrogen-bond acceptors (Lipinski definition) is 3. The molecule has 2 fully saturated rings. The molecule has 1 aromatic carbocycles. The van der Waals surface area contributed by atoms with E-state index in [2.05, 4.69) is 10.2 Å². The van der Waals surface area contributed by atoms with Gasteiger partial charge in [-0.15, -0.1) is 0 Å². The lowest BCUT2D eigenvalue weighted by atomic mass is 10.1. The van der Waals surface area contributed by atoms with Crippen molar-refractivity contribution in [3.8, 4) is 0 Å². The van der Waals surface area contributed by atoms with Crippen LogP contribution in [0.2, 0.25) is 0 Å². The van der Waals surface area contributed by atoms with Crippen LogP contribution in [0.15, 0.2) is 24.3 Å². The van der Waals surface area contributed by atoms with Crippen LogP contribution < -0.4 is 10.2 Å². The van der Waals surface area contributed by atoms with Crippen LogP contribution in [0.1, 0.15) is 37.7 Å². The molecule has 0 spiro atoms. The van der Waals surface area contributed by atoms with E-state index >= 15 is 0 Å². The maximum atomic E-state index is 12.5. The van der Waals surface area contributed by atoms with Crippen LogP contribution in [0.5, 0.6) is 0 Å². The van der Waals surface area contributed by atoms with E-state index in [1.807, 2.05) is 25.1 Å². The van der Waals surface area contributed by atoms with Gasteiger partial charge in [-0.3, -0.25) is 9.69 Å². The van der Waals surface area contributed by atoms with Gasteiger partial charge in [0.1, 0.15) is 0 Å². The zero-order valence-corrected chi connectivity index (χ0v) is 13.0. The van der Waals surface area contributed by atoms with Crippen molar-refractivity contribution < 1.29 is 9.59 Å². The van der Waals surface area contributed by atoms with Crippen molar-refractivity contribution in [2.45, 2.75) is 45.2 Å². The van der Waals surface area contributed by atoms with Crippen LogP contribution in [-0.2, 0) is 4.79 Å². The van der Waals surface area contributed by atoms with Gasteiger partial charge in [-0.1, -0.05) is 25.0 Å². The van der Waals surface area contributed by atoms with Crippen molar-refractivity contribution in [2.24, 2.45) is 0 Å². The zero-order chi connectivity index (χ0) is 15.5. The minimum Gasteiger partial charge on any atom is -0.321 e. The number of urea groups is 1. The van der Waals surface area contributed by atoms with E-state index in [-0.39, 0.29) is 18.1 Å². The van der Waals surface area contributed by atoms with Crippen LogP contribution in [0.3, 0.4) is 0 Å². The number of hydrogen-bond donors (Lipinski definition) is 1. The number of benzene rings is 1. The van der Waals surface area contributed by atoms with Gasteiger partial charge in [0.05, 0.1) is 18.3 Å². The second kappa shape index (κ2) is 6.48. The van der Waals surface area contributed by atoms with Gasteiger partial charge in [-0.25, -0.2) is 9.69 Å².